The minimum absolute atomic E-state index is 0.156. The topological polar surface area (TPSA) is 56.2 Å². The Labute approximate surface area is 165 Å². The van der Waals surface area contributed by atoms with Gasteiger partial charge in [-0.15, -0.1) is 11.3 Å². The number of hydrogen-bond donors (Lipinski definition) is 2. The van der Waals surface area contributed by atoms with Gasteiger partial charge in [0.05, 0.1) is 7.11 Å². The molecule has 5 nitrogen and oxygen atoms in total. The number of aliphatic hydroxyl groups excluding tert-OH is 1. The molecule has 1 aliphatic rings. The van der Waals surface area contributed by atoms with Crippen molar-refractivity contribution in [3.63, 3.8) is 0 Å². The fourth-order valence-corrected chi connectivity index (χ4v) is 4.22. The maximum atomic E-state index is 9.68. The standard InChI is InChI=1S/C21H28N2O3S/c1-26-21-14-17(6-7-20(21)25)4-2-9-22-10-11-23(18(15-22)8-12-24)16-19-5-3-13-27-19/h2-7,13-14,18,24-25H,8-12,15-16H2,1H3/b4-2+. The Kier molecular flexibility index (Phi) is 7.29. The molecule has 2 aromatic rings. The Balaban J connectivity index is 1.55. The van der Waals surface area contributed by atoms with Crippen LogP contribution < -0.4 is 4.74 Å². The lowest BCUT2D eigenvalue weighted by Gasteiger charge is -2.41. The fourth-order valence-electron chi connectivity index (χ4n) is 3.49. The van der Waals surface area contributed by atoms with E-state index in [1.54, 1.807) is 24.5 Å². The molecule has 3 rings (SSSR count). The lowest BCUT2D eigenvalue weighted by Crippen LogP contribution is -2.52. The first kappa shape index (κ1) is 19.9. The Morgan fingerprint density at radius 3 is 2.93 bits per heavy atom. The number of methoxy groups -OCH3 is 1. The summed E-state index contributed by atoms with van der Waals surface area (Å²) in [6.07, 6.45) is 5.01. The first-order valence-corrected chi connectivity index (χ1v) is 10.2. The number of aliphatic hydroxyl groups is 1. The van der Waals surface area contributed by atoms with Crippen LogP contribution in [0.1, 0.15) is 16.9 Å². The Bertz CT molecular complexity index is 733. The summed E-state index contributed by atoms with van der Waals surface area (Å²) in [5.41, 5.74) is 1.01. The van der Waals surface area contributed by atoms with Crippen molar-refractivity contribution in [3.05, 3.63) is 52.2 Å². The van der Waals surface area contributed by atoms with Crippen molar-refractivity contribution >= 4 is 17.4 Å². The molecule has 1 fully saturated rings. The lowest BCUT2D eigenvalue weighted by atomic mass is 10.1. The lowest BCUT2D eigenvalue weighted by molar-refractivity contribution is 0.0604. The highest BCUT2D eigenvalue weighted by molar-refractivity contribution is 7.09. The van der Waals surface area contributed by atoms with E-state index in [0.717, 1.165) is 44.7 Å². The van der Waals surface area contributed by atoms with Gasteiger partial charge in [0.15, 0.2) is 11.5 Å². The van der Waals surface area contributed by atoms with Crippen LogP contribution in [0.5, 0.6) is 11.5 Å². The Hall–Kier alpha value is -1.86. The van der Waals surface area contributed by atoms with Gasteiger partial charge in [-0.25, -0.2) is 0 Å². The van der Waals surface area contributed by atoms with Crippen molar-refractivity contribution < 1.29 is 14.9 Å². The third-order valence-electron chi connectivity index (χ3n) is 4.97. The molecule has 27 heavy (non-hydrogen) atoms. The van der Waals surface area contributed by atoms with Gasteiger partial charge in [-0.2, -0.15) is 0 Å². The molecule has 1 aromatic heterocycles. The number of nitrogens with zero attached hydrogens (tertiary/aromatic N) is 2. The van der Waals surface area contributed by atoms with E-state index in [1.165, 1.54) is 4.88 Å². The van der Waals surface area contributed by atoms with Gasteiger partial charge in [0.2, 0.25) is 0 Å². The summed E-state index contributed by atoms with van der Waals surface area (Å²) in [6, 6.07) is 10.0. The highest BCUT2D eigenvalue weighted by atomic mass is 32.1. The highest BCUT2D eigenvalue weighted by Crippen LogP contribution is 2.26. The van der Waals surface area contributed by atoms with Crippen molar-refractivity contribution in [1.82, 2.24) is 9.80 Å². The third-order valence-corrected chi connectivity index (χ3v) is 5.83. The van der Waals surface area contributed by atoms with E-state index in [1.807, 2.05) is 12.1 Å². The molecule has 1 unspecified atom stereocenters. The van der Waals surface area contributed by atoms with Crippen LogP contribution in [-0.2, 0) is 6.54 Å². The van der Waals surface area contributed by atoms with Gasteiger partial charge in [-0.3, -0.25) is 9.80 Å². The van der Waals surface area contributed by atoms with Gasteiger partial charge in [-0.1, -0.05) is 24.3 Å². The van der Waals surface area contributed by atoms with Gasteiger partial charge < -0.3 is 14.9 Å². The van der Waals surface area contributed by atoms with Gasteiger partial charge >= 0.3 is 0 Å². The number of ether oxygens (including phenoxy) is 1. The van der Waals surface area contributed by atoms with Gasteiger partial charge in [0.1, 0.15) is 0 Å². The van der Waals surface area contributed by atoms with Gasteiger partial charge in [0, 0.05) is 50.2 Å². The minimum atomic E-state index is 0.156. The van der Waals surface area contributed by atoms with E-state index in [9.17, 15) is 10.2 Å². The quantitative estimate of drug-likeness (QED) is 0.728. The smallest absolute Gasteiger partial charge is 0.161 e. The van der Waals surface area contributed by atoms with Crippen LogP contribution in [-0.4, -0.2) is 66.0 Å². The zero-order valence-corrected chi connectivity index (χ0v) is 16.6. The van der Waals surface area contributed by atoms with E-state index in [-0.39, 0.29) is 12.4 Å². The van der Waals surface area contributed by atoms with E-state index in [4.69, 9.17) is 4.74 Å². The van der Waals surface area contributed by atoms with Crippen molar-refractivity contribution in [1.29, 1.82) is 0 Å². The largest absolute Gasteiger partial charge is 0.504 e. The number of hydrogen-bond acceptors (Lipinski definition) is 6. The van der Waals surface area contributed by atoms with E-state index in [2.05, 4.69) is 39.5 Å². The molecule has 0 bridgehead atoms. The number of aromatic hydroxyl groups is 1. The number of thiophene rings is 1. The summed E-state index contributed by atoms with van der Waals surface area (Å²) in [5, 5.41) is 21.3. The molecular formula is C21H28N2O3S. The van der Waals surface area contributed by atoms with E-state index >= 15 is 0 Å². The summed E-state index contributed by atoms with van der Waals surface area (Å²) < 4.78 is 5.16. The molecule has 1 aromatic carbocycles. The summed E-state index contributed by atoms with van der Waals surface area (Å²) >= 11 is 1.80. The molecule has 1 aliphatic heterocycles. The maximum absolute atomic E-state index is 9.68. The molecule has 2 heterocycles. The second-order valence-electron chi connectivity index (χ2n) is 6.81. The average molecular weight is 389 g/mol. The first-order valence-electron chi connectivity index (χ1n) is 9.33. The van der Waals surface area contributed by atoms with Crippen LogP contribution >= 0.6 is 11.3 Å². The predicted molar refractivity (Wildman–Crippen MR) is 110 cm³/mol. The Morgan fingerprint density at radius 1 is 1.30 bits per heavy atom. The zero-order chi connectivity index (χ0) is 19.1. The molecule has 2 N–H and O–H groups in total. The first-order chi connectivity index (χ1) is 13.2. The molecule has 0 radical (unpaired) electrons. The summed E-state index contributed by atoms with van der Waals surface area (Å²) in [7, 11) is 1.56. The van der Waals surface area contributed by atoms with Crippen molar-refractivity contribution in [2.75, 3.05) is 39.9 Å². The van der Waals surface area contributed by atoms with E-state index < -0.39 is 0 Å². The maximum Gasteiger partial charge on any atom is 0.161 e. The fraction of sp³-hybridized carbons (Fsp3) is 0.429. The number of rotatable bonds is 8. The summed E-state index contributed by atoms with van der Waals surface area (Å²) in [5.74, 6) is 0.644. The summed E-state index contributed by atoms with van der Waals surface area (Å²) in [6.45, 7) is 5.08. The van der Waals surface area contributed by atoms with Crippen LogP contribution in [0.3, 0.4) is 0 Å². The molecule has 0 amide bonds. The molecular weight excluding hydrogens is 360 g/mol. The molecule has 1 atom stereocenters. The van der Waals surface area contributed by atoms with Gasteiger partial charge in [0.25, 0.3) is 0 Å². The average Bonchev–Trinajstić information content (AvgIpc) is 3.18. The normalized spacial score (nSPS) is 19.0. The van der Waals surface area contributed by atoms with Crippen LogP contribution in [0.4, 0.5) is 0 Å². The molecule has 0 spiro atoms. The molecule has 0 aliphatic carbocycles. The number of phenolic OH excluding ortho intramolecular Hbond substituents is 1. The monoisotopic (exact) mass is 388 g/mol. The summed E-state index contributed by atoms with van der Waals surface area (Å²) in [4.78, 5) is 6.31. The van der Waals surface area contributed by atoms with E-state index in [0.29, 0.717) is 11.8 Å². The van der Waals surface area contributed by atoms with Crippen molar-refractivity contribution in [2.24, 2.45) is 0 Å². The van der Waals surface area contributed by atoms with Crippen molar-refractivity contribution in [3.8, 4) is 11.5 Å². The van der Waals surface area contributed by atoms with Gasteiger partial charge in [-0.05, 0) is 35.6 Å². The second kappa shape index (κ2) is 9.90. The highest BCUT2D eigenvalue weighted by Gasteiger charge is 2.26. The molecule has 0 saturated carbocycles. The minimum Gasteiger partial charge on any atom is -0.504 e. The van der Waals surface area contributed by atoms with Crippen LogP contribution in [0, 0.1) is 0 Å². The van der Waals surface area contributed by atoms with Crippen LogP contribution in [0.2, 0.25) is 0 Å². The number of piperazine rings is 1. The molecule has 6 heteroatoms. The zero-order valence-electron chi connectivity index (χ0n) is 15.8. The van der Waals surface area contributed by atoms with Crippen molar-refractivity contribution in [2.45, 2.75) is 19.0 Å². The van der Waals surface area contributed by atoms with Crippen LogP contribution in [0.15, 0.2) is 41.8 Å². The Morgan fingerprint density at radius 2 is 2.19 bits per heavy atom. The predicted octanol–water partition coefficient (Wildman–Crippen LogP) is 3.04. The molecule has 1 saturated heterocycles. The number of benzene rings is 1. The second-order valence-corrected chi connectivity index (χ2v) is 7.84. The SMILES string of the molecule is COc1cc(/C=C/CN2CCN(Cc3cccs3)C(CCO)C2)ccc1O. The van der Waals surface area contributed by atoms with Crippen LogP contribution in [0.25, 0.3) is 6.08 Å². The third kappa shape index (κ3) is 5.56. The number of phenols is 1. The molecule has 146 valence electrons.